The molecule has 0 aliphatic carbocycles. The molecular formula is C50H82O6. The van der Waals surface area contributed by atoms with E-state index < -0.39 is 6.10 Å². The first-order valence-corrected chi connectivity index (χ1v) is 22.6. The first-order valence-electron chi connectivity index (χ1n) is 22.6. The minimum atomic E-state index is -0.798. The van der Waals surface area contributed by atoms with Gasteiger partial charge in [-0.2, -0.15) is 0 Å². The van der Waals surface area contributed by atoms with Gasteiger partial charge in [-0.15, -0.1) is 0 Å². The van der Waals surface area contributed by atoms with Crippen molar-refractivity contribution in [3.63, 3.8) is 0 Å². The Balaban J connectivity index is 4.43. The van der Waals surface area contributed by atoms with E-state index >= 15 is 0 Å². The molecule has 6 nitrogen and oxygen atoms in total. The molecule has 0 N–H and O–H groups in total. The number of carbonyl (C=O) groups is 3. The molecule has 318 valence electrons. The number of unbranched alkanes of at least 4 members (excludes halogenated alkanes) is 14. The third-order valence-corrected chi connectivity index (χ3v) is 9.15. The molecule has 1 atom stereocenters. The molecule has 0 bridgehead atoms. The van der Waals surface area contributed by atoms with Crippen LogP contribution in [-0.2, 0) is 28.6 Å². The van der Waals surface area contributed by atoms with Crippen LogP contribution in [0.25, 0.3) is 0 Å². The number of allylic oxidation sites excluding steroid dienone is 14. The van der Waals surface area contributed by atoms with Gasteiger partial charge in [-0.25, -0.2) is 0 Å². The molecule has 0 saturated heterocycles. The quantitative estimate of drug-likeness (QED) is 0.0268. The summed E-state index contributed by atoms with van der Waals surface area (Å²) in [7, 11) is 0. The van der Waals surface area contributed by atoms with Gasteiger partial charge in [0, 0.05) is 19.3 Å². The number of carbonyl (C=O) groups excluding carboxylic acids is 3. The van der Waals surface area contributed by atoms with Gasteiger partial charge < -0.3 is 14.2 Å². The van der Waals surface area contributed by atoms with Crippen LogP contribution in [0.1, 0.15) is 194 Å². The van der Waals surface area contributed by atoms with E-state index in [9.17, 15) is 14.4 Å². The number of esters is 3. The normalized spacial score (nSPS) is 12.8. The minimum Gasteiger partial charge on any atom is -0.462 e. The summed E-state index contributed by atoms with van der Waals surface area (Å²) in [5.41, 5.74) is 0. The van der Waals surface area contributed by atoms with Crippen molar-refractivity contribution in [3.05, 3.63) is 85.1 Å². The maximum Gasteiger partial charge on any atom is 0.306 e. The van der Waals surface area contributed by atoms with Gasteiger partial charge in [-0.3, -0.25) is 14.4 Å². The fraction of sp³-hybridized carbons (Fsp3) is 0.660. The summed E-state index contributed by atoms with van der Waals surface area (Å²) in [5.74, 6) is -0.964. The van der Waals surface area contributed by atoms with Gasteiger partial charge in [0.15, 0.2) is 6.10 Å². The van der Waals surface area contributed by atoms with Crippen LogP contribution in [0.2, 0.25) is 0 Å². The van der Waals surface area contributed by atoms with E-state index in [2.05, 4.69) is 106 Å². The van der Waals surface area contributed by atoms with Crippen molar-refractivity contribution >= 4 is 17.9 Å². The van der Waals surface area contributed by atoms with E-state index in [0.29, 0.717) is 12.8 Å². The predicted octanol–water partition coefficient (Wildman–Crippen LogP) is 14.5. The first-order chi connectivity index (χ1) is 27.5. The van der Waals surface area contributed by atoms with E-state index in [1.807, 2.05) is 0 Å². The predicted molar refractivity (Wildman–Crippen MR) is 237 cm³/mol. The van der Waals surface area contributed by atoms with E-state index in [-0.39, 0.29) is 37.5 Å². The van der Waals surface area contributed by atoms with Gasteiger partial charge in [0.25, 0.3) is 0 Å². The monoisotopic (exact) mass is 779 g/mol. The zero-order valence-corrected chi connectivity index (χ0v) is 36.1. The molecule has 0 amide bonds. The van der Waals surface area contributed by atoms with Gasteiger partial charge >= 0.3 is 17.9 Å². The van der Waals surface area contributed by atoms with Crippen LogP contribution >= 0.6 is 0 Å². The fourth-order valence-corrected chi connectivity index (χ4v) is 5.80. The summed E-state index contributed by atoms with van der Waals surface area (Å²) in [6.07, 6.45) is 55.7. The summed E-state index contributed by atoms with van der Waals surface area (Å²) < 4.78 is 16.6. The van der Waals surface area contributed by atoms with Crippen molar-refractivity contribution in [2.45, 2.75) is 200 Å². The van der Waals surface area contributed by atoms with Gasteiger partial charge in [-0.05, 0) is 89.9 Å². The fourth-order valence-electron chi connectivity index (χ4n) is 5.80. The van der Waals surface area contributed by atoms with Crippen molar-refractivity contribution in [3.8, 4) is 0 Å². The highest BCUT2D eigenvalue weighted by molar-refractivity contribution is 5.71. The molecule has 0 aliphatic rings. The molecule has 0 aromatic heterocycles. The van der Waals surface area contributed by atoms with E-state index in [1.165, 1.54) is 32.1 Å². The van der Waals surface area contributed by atoms with Gasteiger partial charge in [0.1, 0.15) is 13.2 Å². The van der Waals surface area contributed by atoms with Gasteiger partial charge in [0.05, 0.1) is 0 Å². The SMILES string of the molecule is CC/C=C\C/C=C\C/C=C\C/C=C\CCCCCCC(=O)OCC(COC(=O)CCCCCCCCCC)OC(=O)CCCCC/C=C\C/C=C\C/C=C\CC. The van der Waals surface area contributed by atoms with Crippen LogP contribution in [0.15, 0.2) is 85.1 Å². The Morgan fingerprint density at radius 1 is 0.375 bits per heavy atom. The first kappa shape index (κ1) is 52.6. The van der Waals surface area contributed by atoms with Gasteiger partial charge in [-0.1, -0.05) is 170 Å². The van der Waals surface area contributed by atoms with E-state index in [0.717, 1.165) is 122 Å². The average molecular weight is 779 g/mol. The second-order valence-corrected chi connectivity index (χ2v) is 14.5. The largest absolute Gasteiger partial charge is 0.462 e. The average Bonchev–Trinajstić information content (AvgIpc) is 3.19. The van der Waals surface area contributed by atoms with Crippen molar-refractivity contribution in [2.24, 2.45) is 0 Å². The lowest BCUT2D eigenvalue weighted by Crippen LogP contribution is -2.30. The molecule has 0 aromatic rings. The lowest BCUT2D eigenvalue weighted by atomic mass is 10.1. The van der Waals surface area contributed by atoms with Crippen LogP contribution in [0.3, 0.4) is 0 Å². The molecule has 0 spiro atoms. The highest BCUT2D eigenvalue weighted by Gasteiger charge is 2.19. The second-order valence-electron chi connectivity index (χ2n) is 14.5. The summed E-state index contributed by atoms with van der Waals surface area (Å²) >= 11 is 0. The summed E-state index contributed by atoms with van der Waals surface area (Å²) in [6, 6.07) is 0. The summed E-state index contributed by atoms with van der Waals surface area (Å²) in [5, 5.41) is 0. The maximum atomic E-state index is 12.7. The number of hydrogen-bond donors (Lipinski definition) is 0. The molecule has 56 heavy (non-hydrogen) atoms. The Bertz CT molecular complexity index is 1120. The molecule has 0 radical (unpaired) electrons. The molecule has 0 aromatic carbocycles. The van der Waals surface area contributed by atoms with Gasteiger partial charge in [0.2, 0.25) is 0 Å². The van der Waals surface area contributed by atoms with Crippen molar-refractivity contribution in [2.75, 3.05) is 13.2 Å². The van der Waals surface area contributed by atoms with Crippen LogP contribution in [0.5, 0.6) is 0 Å². The van der Waals surface area contributed by atoms with Crippen molar-refractivity contribution < 1.29 is 28.6 Å². The maximum absolute atomic E-state index is 12.7. The molecule has 0 rings (SSSR count). The number of hydrogen-bond acceptors (Lipinski definition) is 6. The Kier molecular flexibility index (Phi) is 41.6. The Hall–Kier alpha value is -3.41. The standard InChI is InChI=1S/C50H82O6/c1-4-7-10-13-16-19-21-23-24-25-26-28-29-31-34-37-40-43-49(52)55-46-47(45-54-48(51)42-39-36-33-18-15-12-9-6-3)56-50(53)44-41-38-35-32-30-27-22-20-17-14-11-8-5-2/h7-8,10-11,16-17,19-20,23-24,26-28,30,47H,4-6,9,12-15,18,21-22,25,29,31-46H2,1-3H3/b10-7-,11-8-,19-16-,20-17-,24-23-,28-26-,30-27-. The van der Waals surface area contributed by atoms with Crippen molar-refractivity contribution in [1.82, 2.24) is 0 Å². The smallest absolute Gasteiger partial charge is 0.306 e. The Morgan fingerprint density at radius 3 is 1.11 bits per heavy atom. The van der Waals surface area contributed by atoms with Crippen LogP contribution in [0, 0.1) is 0 Å². The molecule has 6 heteroatoms. The highest BCUT2D eigenvalue weighted by atomic mass is 16.6. The number of ether oxygens (including phenoxy) is 3. The zero-order chi connectivity index (χ0) is 40.8. The lowest BCUT2D eigenvalue weighted by molar-refractivity contribution is -0.167. The summed E-state index contributed by atoms with van der Waals surface area (Å²) in [4.78, 5) is 37.7. The van der Waals surface area contributed by atoms with E-state index in [1.54, 1.807) is 0 Å². The molecule has 0 aliphatic heterocycles. The topological polar surface area (TPSA) is 78.9 Å². The Labute approximate surface area is 344 Å². The minimum absolute atomic E-state index is 0.0969. The number of rotatable bonds is 39. The third-order valence-electron chi connectivity index (χ3n) is 9.15. The molecule has 0 fully saturated rings. The van der Waals surface area contributed by atoms with Crippen molar-refractivity contribution in [1.29, 1.82) is 0 Å². The Morgan fingerprint density at radius 2 is 0.696 bits per heavy atom. The molecule has 1 unspecified atom stereocenters. The van der Waals surface area contributed by atoms with Crippen LogP contribution in [-0.4, -0.2) is 37.2 Å². The second kappa shape index (κ2) is 44.3. The van der Waals surface area contributed by atoms with Crippen LogP contribution < -0.4 is 0 Å². The van der Waals surface area contributed by atoms with E-state index in [4.69, 9.17) is 14.2 Å². The lowest BCUT2D eigenvalue weighted by Gasteiger charge is -2.18. The molecule has 0 heterocycles. The molecule has 0 saturated carbocycles. The summed E-state index contributed by atoms with van der Waals surface area (Å²) in [6.45, 7) is 6.31. The van der Waals surface area contributed by atoms with Crippen LogP contribution in [0.4, 0.5) is 0 Å². The third kappa shape index (κ3) is 41.7. The molecular weight excluding hydrogens is 697 g/mol. The zero-order valence-electron chi connectivity index (χ0n) is 36.1. The highest BCUT2D eigenvalue weighted by Crippen LogP contribution is 2.12.